The maximum atomic E-state index is 14.3. The molecule has 11 heteroatoms. The number of nitrogens with one attached hydrogen (secondary N) is 1. The lowest BCUT2D eigenvalue weighted by molar-refractivity contribution is 0.0317. The summed E-state index contributed by atoms with van der Waals surface area (Å²) in [5.41, 5.74) is 2.21. The highest BCUT2D eigenvalue weighted by Crippen LogP contribution is 2.28. The van der Waals surface area contributed by atoms with Crippen LogP contribution in [0, 0.1) is 11.6 Å². The quantitative estimate of drug-likeness (QED) is 0.410. The Balaban J connectivity index is 1.42. The van der Waals surface area contributed by atoms with Gasteiger partial charge in [0.15, 0.2) is 5.65 Å². The van der Waals surface area contributed by atoms with Crippen molar-refractivity contribution in [1.29, 1.82) is 0 Å². The van der Waals surface area contributed by atoms with Crippen LogP contribution < -0.4 is 10.1 Å². The van der Waals surface area contributed by atoms with Gasteiger partial charge in [-0.3, -0.25) is 4.90 Å². The van der Waals surface area contributed by atoms with Crippen molar-refractivity contribution in [2.75, 3.05) is 44.8 Å². The number of rotatable bonds is 8. The summed E-state index contributed by atoms with van der Waals surface area (Å²) in [5, 5.41) is 7.52. The maximum Gasteiger partial charge on any atom is 0.318 e. The van der Waals surface area contributed by atoms with E-state index >= 15 is 0 Å². The van der Waals surface area contributed by atoms with Gasteiger partial charge in [0.1, 0.15) is 24.1 Å². The first-order chi connectivity index (χ1) is 17.1. The Bertz CT molecular complexity index is 1310. The first-order valence-corrected chi connectivity index (χ1v) is 11.4. The molecule has 1 aliphatic heterocycles. The molecule has 9 nitrogen and oxygen atoms in total. The van der Waals surface area contributed by atoms with Gasteiger partial charge < -0.3 is 14.8 Å². The number of benzene rings is 1. The first kappa shape index (κ1) is 23.1. The number of hydrogen-bond donors (Lipinski definition) is 1. The second-order valence-electron chi connectivity index (χ2n) is 8.20. The number of anilines is 1. The van der Waals surface area contributed by atoms with Gasteiger partial charge in [-0.2, -0.15) is 15.1 Å². The zero-order valence-corrected chi connectivity index (χ0v) is 19.2. The van der Waals surface area contributed by atoms with Crippen molar-refractivity contribution in [3.8, 4) is 17.3 Å². The summed E-state index contributed by atoms with van der Waals surface area (Å²) < 4.78 is 40.6. The van der Waals surface area contributed by atoms with E-state index in [0.29, 0.717) is 48.1 Å². The van der Waals surface area contributed by atoms with E-state index in [1.54, 1.807) is 42.2 Å². The molecule has 1 N–H and O–H groups in total. The molecule has 3 aromatic heterocycles. The predicted molar refractivity (Wildman–Crippen MR) is 125 cm³/mol. The maximum absolute atomic E-state index is 14.3. The fraction of sp³-hybridized carbons (Fsp3) is 0.333. The largest absolute Gasteiger partial charge is 0.462 e. The van der Waals surface area contributed by atoms with E-state index in [1.165, 1.54) is 12.1 Å². The average Bonchev–Trinajstić information content (AvgIpc) is 3.29. The van der Waals surface area contributed by atoms with E-state index in [1.807, 2.05) is 0 Å². The minimum Gasteiger partial charge on any atom is -0.462 e. The first-order valence-electron chi connectivity index (χ1n) is 11.4. The summed E-state index contributed by atoms with van der Waals surface area (Å²) in [4.78, 5) is 15.7. The summed E-state index contributed by atoms with van der Waals surface area (Å²) in [6.45, 7) is 6.01. The van der Waals surface area contributed by atoms with Crippen LogP contribution in [0.4, 0.5) is 14.6 Å². The van der Waals surface area contributed by atoms with E-state index in [4.69, 9.17) is 9.47 Å². The molecular formula is C24H25F2N7O2. The average molecular weight is 482 g/mol. The van der Waals surface area contributed by atoms with Crippen molar-refractivity contribution in [3.63, 3.8) is 0 Å². The van der Waals surface area contributed by atoms with Gasteiger partial charge in [0.25, 0.3) is 0 Å². The number of nitrogens with zero attached hydrogens (tertiary/aromatic N) is 6. The van der Waals surface area contributed by atoms with Crippen molar-refractivity contribution < 1.29 is 18.3 Å². The highest BCUT2D eigenvalue weighted by Gasteiger charge is 2.17. The van der Waals surface area contributed by atoms with Crippen LogP contribution in [0.5, 0.6) is 6.01 Å². The monoisotopic (exact) mass is 481 g/mol. The van der Waals surface area contributed by atoms with Gasteiger partial charge in [0.05, 0.1) is 36.7 Å². The highest BCUT2D eigenvalue weighted by molar-refractivity contribution is 5.75. The Morgan fingerprint density at radius 3 is 2.86 bits per heavy atom. The highest BCUT2D eigenvalue weighted by atomic mass is 19.1. The summed E-state index contributed by atoms with van der Waals surface area (Å²) in [5.74, 6) is -0.824. The molecule has 4 aromatic rings. The number of morpholine rings is 1. The van der Waals surface area contributed by atoms with Crippen LogP contribution in [-0.2, 0) is 4.74 Å². The van der Waals surface area contributed by atoms with Gasteiger partial charge in [-0.05, 0) is 19.1 Å². The van der Waals surface area contributed by atoms with Crippen LogP contribution in [0.25, 0.3) is 16.9 Å². The molecule has 1 fully saturated rings. The van der Waals surface area contributed by atoms with Gasteiger partial charge in [-0.15, -0.1) is 0 Å². The number of fused-ring (bicyclic) bond motifs is 1. The third kappa shape index (κ3) is 5.36. The summed E-state index contributed by atoms with van der Waals surface area (Å²) in [6, 6.07) is 6.73. The van der Waals surface area contributed by atoms with Crippen molar-refractivity contribution >= 4 is 11.5 Å². The van der Waals surface area contributed by atoms with Crippen LogP contribution >= 0.6 is 0 Å². The minimum atomic E-state index is -0.631. The zero-order chi connectivity index (χ0) is 24.2. The standard InChI is InChI=1S/C24H25F2N7O2/c1-16(18-4-3-17(25)13-20(18)26)29-22-14-21(19-15-28-33-6-2-5-27-23(19)33)30-24(31-22)35-12-9-32-7-10-34-11-8-32/h2-6,13-16H,7-12H2,1H3,(H,29,30,31). The molecule has 182 valence electrons. The molecule has 1 saturated heterocycles. The number of halogens is 2. The Morgan fingerprint density at radius 1 is 1.17 bits per heavy atom. The number of ether oxygens (including phenoxy) is 2. The minimum absolute atomic E-state index is 0.181. The lowest BCUT2D eigenvalue weighted by Gasteiger charge is -2.26. The molecule has 0 aliphatic carbocycles. The molecule has 0 amide bonds. The van der Waals surface area contributed by atoms with Crippen molar-refractivity contribution in [1.82, 2.24) is 29.5 Å². The van der Waals surface area contributed by atoms with Crippen LogP contribution in [0.3, 0.4) is 0 Å². The van der Waals surface area contributed by atoms with Gasteiger partial charge in [0, 0.05) is 49.7 Å². The molecule has 35 heavy (non-hydrogen) atoms. The molecular weight excluding hydrogens is 456 g/mol. The summed E-state index contributed by atoms with van der Waals surface area (Å²) in [7, 11) is 0. The molecule has 1 unspecified atom stereocenters. The molecule has 1 aliphatic rings. The second-order valence-corrected chi connectivity index (χ2v) is 8.20. The number of aromatic nitrogens is 5. The molecule has 1 atom stereocenters. The van der Waals surface area contributed by atoms with E-state index in [2.05, 4.69) is 30.3 Å². The molecule has 1 aromatic carbocycles. The predicted octanol–water partition coefficient (Wildman–Crippen LogP) is 3.35. The van der Waals surface area contributed by atoms with Gasteiger partial charge >= 0.3 is 6.01 Å². The number of hydrogen-bond acceptors (Lipinski definition) is 8. The molecule has 0 spiro atoms. The lowest BCUT2D eigenvalue weighted by atomic mass is 10.1. The van der Waals surface area contributed by atoms with Gasteiger partial charge in [0.2, 0.25) is 0 Å². The van der Waals surface area contributed by atoms with Crippen LogP contribution in [0.2, 0.25) is 0 Å². The molecule has 0 saturated carbocycles. The Kier molecular flexibility index (Phi) is 6.77. The van der Waals surface area contributed by atoms with Crippen molar-refractivity contribution in [2.24, 2.45) is 0 Å². The Morgan fingerprint density at radius 2 is 2.03 bits per heavy atom. The van der Waals surface area contributed by atoms with E-state index < -0.39 is 17.7 Å². The Hall–Kier alpha value is -3.70. The topological polar surface area (TPSA) is 89.7 Å². The van der Waals surface area contributed by atoms with Crippen molar-refractivity contribution in [2.45, 2.75) is 13.0 Å². The van der Waals surface area contributed by atoms with Crippen LogP contribution in [-0.4, -0.2) is 68.9 Å². The molecule has 4 heterocycles. The normalized spacial score (nSPS) is 15.3. The van der Waals surface area contributed by atoms with Gasteiger partial charge in [-0.25, -0.2) is 18.3 Å². The van der Waals surface area contributed by atoms with Gasteiger partial charge in [-0.1, -0.05) is 6.07 Å². The van der Waals surface area contributed by atoms with E-state index in [0.717, 1.165) is 25.7 Å². The second kappa shape index (κ2) is 10.3. The van der Waals surface area contributed by atoms with Crippen LogP contribution in [0.1, 0.15) is 18.5 Å². The molecule has 5 rings (SSSR count). The third-order valence-corrected chi connectivity index (χ3v) is 5.80. The SMILES string of the molecule is CC(Nc1cc(-c2cnn3cccnc23)nc(OCCN2CCOCC2)n1)c1ccc(F)cc1F. The zero-order valence-electron chi connectivity index (χ0n) is 19.2. The smallest absolute Gasteiger partial charge is 0.318 e. The Labute approximate surface area is 200 Å². The van der Waals surface area contributed by atoms with E-state index in [-0.39, 0.29) is 6.01 Å². The fourth-order valence-electron chi connectivity index (χ4n) is 3.95. The molecule has 0 bridgehead atoms. The lowest BCUT2D eigenvalue weighted by Crippen LogP contribution is -2.38. The summed E-state index contributed by atoms with van der Waals surface area (Å²) >= 11 is 0. The molecule has 0 radical (unpaired) electrons. The fourth-order valence-corrected chi connectivity index (χ4v) is 3.95. The van der Waals surface area contributed by atoms with E-state index in [9.17, 15) is 8.78 Å². The summed E-state index contributed by atoms with van der Waals surface area (Å²) in [6.07, 6.45) is 5.15. The third-order valence-electron chi connectivity index (χ3n) is 5.80. The van der Waals surface area contributed by atoms with Crippen molar-refractivity contribution in [3.05, 3.63) is 66.1 Å². The van der Waals surface area contributed by atoms with Crippen LogP contribution in [0.15, 0.2) is 48.9 Å².